The number of nitrogens with two attached hydrogens (primary N) is 1. The Morgan fingerprint density at radius 3 is 2.61 bits per heavy atom. The Morgan fingerprint density at radius 2 is 2.13 bits per heavy atom. The molecule has 31 heavy (non-hydrogen) atoms. The minimum absolute atomic E-state index is 0.0436. The van der Waals surface area contributed by atoms with Crippen molar-refractivity contribution in [1.29, 1.82) is 0 Å². The van der Waals surface area contributed by atoms with Crippen LogP contribution in [-0.4, -0.2) is 55.0 Å². The van der Waals surface area contributed by atoms with E-state index in [0.717, 1.165) is 10.4 Å². The molecule has 2 rings (SSSR count). The van der Waals surface area contributed by atoms with Crippen LogP contribution in [-0.2, 0) is 10.0 Å². The Morgan fingerprint density at radius 1 is 1.48 bits per heavy atom. The molecule has 2 heterocycles. The third kappa shape index (κ3) is 5.08. The van der Waals surface area contributed by atoms with Crippen LogP contribution >= 0.6 is 0 Å². The van der Waals surface area contributed by atoms with Gasteiger partial charge < -0.3 is 15.8 Å². The van der Waals surface area contributed by atoms with Crippen LogP contribution in [0.4, 0.5) is 8.78 Å². The summed E-state index contributed by atoms with van der Waals surface area (Å²) in [6.07, 6.45) is 3.74. The number of aliphatic imine (C=N–C) groups is 1. The Kier molecular flexibility index (Phi) is 6.84. The van der Waals surface area contributed by atoms with Gasteiger partial charge in [0.25, 0.3) is 5.91 Å². The number of carbonyl (C=O) groups excluding carboxylic acids is 1. The van der Waals surface area contributed by atoms with Crippen molar-refractivity contribution in [2.75, 3.05) is 19.9 Å². The van der Waals surface area contributed by atoms with Crippen molar-refractivity contribution in [2.24, 2.45) is 10.7 Å². The van der Waals surface area contributed by atoms with E-state index in [0.29, 0.717) is 0 Å². The summed E-state index contributed by atoms with van der Waals surface area (Å²) in [6, 6.07) is 0.990. The summed E-state index contributed by atoms with van der Waals surface area (Å²) in [7, 11) is -1.31. The van der Waals surface area contributed by atoms with E-state index in [1.54, 1.807) is 0 Å². The molecule has 1 aromatic heterocycles. The van der Waals surface area contributed by atoms with Crippen LogP contribution in [0.5, 0.6) is 5.75 Å². The molecular formula is C19H23F2N5O4S. The van der Waals surface area contributed by atoms with E-state index in [1.807, 2.05) is 0 Å². The number of aromatic nitrogens is 1. The van der Waals surface area contributed by atoms with Gasteiger partial charge in [-0.1, -0.05) is 12.7 Å². The number of pyridine rings is 1. The molecule has 0 unspecified atom stereocenters. The SMILES string of the molecule is C=C(F)/C(=C\C(=C/C)NC(=O)c1ncc(OC)cc1F)[C@]1(C)CS(=O)(=O)N(C)C(N)=N1. The average molecular weight is 455 g/mol. The van der Waals surface area contributed by atoms with Gasteiger partial charge in [0.1, 0.15) is 17.1 Å². The quantitative estimate of drug-likeness (QED) is 0.628. The second-order valence-corrected chi connectivity index (χ2v) is 8.83. The zero-order chi connectivity index (χ0) is 23.6. The Labute approximate surface area is 179 Å². The zero-order valence-electron chi connectivity index (χ0n) is 17.4. The lowest BCUT2D eigenvalue weighted by atomic mass is 9.92. The maximum Gasteiger partial charge on any atom is 0.277 e. The smallest absolute Gasteiger partial charge is 0.277 e. The Bertz CT molecular complexity index is 1110. The van der Waals surface area contributed by atoms with Crippen LogP contribution < -0.4 is 15.8 Å². The minimum atomic E-state index is -3.87. The third-order valence-corrected chi connectivity index (χ3v) is 6.52. The van der Waals surface area contributed by atoms with Crippen molar-refractivity contribution in [3.8, 4) is 5.75 Å². The van der Waals surface area contributed by atoms with E-state index in [2.05, 4.69) is 21.9 Å². The summed E-state index contributed by atoms with van der Waals surface area (Å²) in [5.41, 5.74) is 3.41. The number of rotatable bonds is 6. The summed E-state index contributed by atoms with van der Waals surface area (Å²) in [4.78, 5) is 20.3. The molecule has 0 radical (unpaired) electrons. The molecule has 1 amide bonds. The topological polar surface area (TPSA) is 127 Å². The monoisotopic (exact) mass is 455 g/mol. The first-order valence-electron chi connectivity index (χ1n) is 8.90. The zero-order valence-corrected chi connectivity index (χ0v) is 18.3. The molecule has 0 bridgehead atoms. The molecule has 9 nitrogen and oxygen atoms in total. The summed E-state index contributed by atoms with van der Waals surface area (Å²) in [6.45, 7) is 6.16. The van der Waals surface area contributed by atoms with Crippen LogP contribution in [0.15, 0.2) is 53.1 Å². The van der Waals surface area contributed by atoms with Crippen LogP contribution in [0.25, 0.3) is 0 Å². The van der Waals surface area contributed by atoms with Gasteiger partial charge in [0, 0.05) is 24.4 Å². The highest BCUT2D eigenvalue weighted by atomic mass is 32.2. The number of hydrogen-bond acceptors (Lipinski definition) is 7. The molecule has 0 aliphatic carbocycles. The number of nitrogens with zero attached hydrogens (tertiary/aromatic N) is 3. The predicted octanol–water partition coefficient (Wildman–Crippen LogP) is 1.62. The summed E-state index contributed by atoms with van der Waals surface area (Å²) >= 11 is 0. The lowest BCUT2D eigenvalue weighted by Crippen LogP contribution is -2.52. The second-order valence-electron chi connectivity index (χ2n) is 6.83. The fourth-order valence-corrected chi connectivity index (χ4v) is 4.30. The van der Waals surface area contributed by atoms with Crippen molar-refractivity contribution in [2.45, 2.75) is 19.4 Å². The molecule has 1 atom stereocenters. The van der Waals surface area contributed by atoms with Gasteiger partial charge in [0.05, 0.1) is 19.1 Å². The van der Waals surface area contributed by atoms with E-state index in [1.165, 1.54) is 46.4 Å². The molecule has 0 aromatic carbocycles. The molecular weight excluding hydrogens is 432 g/mol. The van der Waals surface area contributed by atoms with Gasteiger partial charge in [-0.15, -0.1) is 0 Å². The molecule has 12 heteroatoms. The highest BCUT2D eigenvalue weighted by Gasteiger charge is 2.42. The van der Waals surface area contributed by atoms with Crippen molar-refractivity contribution in [3.05, 3.63) is 59.6 Å². The lowest BCUT2D eigenvalue weighted by Gasteiger charge is -2.35. The predicted molar refractivity (Wildman–Crippen MR) is 112 cm³/mol. The van der Waals surface area contributed by atoms with Gasteiger partial charge in [-0.2, -0.15) is 0 Å². The number of amides is 1. The molecule has 168 valence electrons. The number of sulfonamides is 1. The largest absolute Gasteiger partial charge is 0.495 e. The number of ether oxygens (including phenoxy) is 1. The first-order valence-corrected chi connectivity index (χ1v) is 10.5. The normalized spacial score (nSPS) is 21.4. The first-order chi connectivity index (χ1) is 14.3. The number of methoxy groups -OCH3 is 1. The molecule has 3 N–H and O–H groups in total. The van der Waals surface area contributed by atoms with E-state index in [9.17, 15) is 22.0 Å². The van der Waals surface area contributed by atoms with Crippen molar-refractivity contribution >= 4 is 21.9 Å². The Balaban J connectivity index is 2.43. The fourth-order valence-electron chi connectivity index (χ4n) is 2.85. The number of halogens is 2. The van der Waals surface area contributed by atoms with E-state index >= 15 is 0 Å². The van der Waals surface area contributed by atoms with Crippen molar-refractivity contribution < 1.29 is 26.7 Å². The van der Waals surface area contributed by atoms with Crippen molar-refractivity contribution in [3.63, 3.8) is 0 Å². The number of carbonyl (C=O) groups is 1. The summed E-state index contributed by atoms with van der Waals surface area (Å²) < 4.78 is 58.9. The van der Waals surface area contributed by atoms with Crippen LogP contribution in [0.3, 0.4) is 0 Å². The van der Waals surface area contributed by atoms with Gasteiger partial charge in [-0.05, 0) is 19.9 Å². The van der Waals surface area contributed by atoms with Crippen LogP contribution in [0.1, 0.15) is 24.3 Å². The van der Waals surface area contributed by atoms with Gasteiger partial charge >= 0.3 is 0 Å². The third-order valence-electron chi connectivity index (χ3n) is 4.57. The highest BCUT2D eigenvalue weighted by Crippen LogP contribution is 2.33. The molecule has 0 saturated heterocycles. The highest BCUT2D eigenvalue weighted by molar-refractivity contribution is 7.89. The average Bonchev–Trinajstić information content (AvgIpc) is 2.67. The van der Waals surface area contributed by atoms with Crippen molar-refractivity contribution in [1.82, 2.24) is 14.6 Å². The minimum Gasteiger partial charge on any atom is -0.495 e. The molecule has 0 saturated carbocycles. The maximum atomic E-state index is 14.4. The standard InChI is InChI=1S/C19H23F2N5O4S/c1-6-12(24-17(27)16-15(21)8-13(30-5)9-23-16)7-14(11(2)20)19(3)10-31(28,29)26(4)18(22)25-19/h6-9H,2,10H2,1,3-5H3,(H2,22,25)(H,24,27)/b12-6+,14-7+/t19-/m0/s1. The van der Waals surface area contributed by atoms with Crippen LogP contribution in [0.2, 0.25) is 0 Å². The summed E-state index contributed by atoms with van der Waals surface area (Å²) in [5, 5.41) is 2.40. The second kappa shape index (κ2) is 8.84. The number of hydrogen-bond donors (Lipinski definition) is 2. The molecule has 0 spiro atoms. The number of guanidine groups is 1. The molecule has 0 fully saturated rings. The summed E-state index contributed by atoms with van der Waals surface area (Å²) in [5.74, 6) is -3.57. The van der Waals surface area contributed by atoms with E-state index < -0.39 is 44.6 Å². The van der Waals surface area contributed by atoms with Gasteiger partial charge in [-0.3, -0.25) is 4.79 Å². The van der Waals surface area contributed by atoms with E-state index in [-0.39, 0.29) is 23.0 Å². The van der Waals surface area contributed by atoms with Crippen LogP contribution in [0, 0.1) is 5.82 Å². The molecule has 1 aliphatic heterocycles. The number of nitrogens with one attached hydrogen (secondary N) is 1. The van der Waals surface area contributed by atoms with Gasteiger partial charge in [-0.25, -0.2) is 31.5 Å². The van der Waals surface area contributed by atoms with Gasteiger partial charge in [0.15, 0.2) is 11.5 Å². The van der Waals surface area contributed by atoms with Gasteiger partial charge in [0.2, 0.25) is 16.0 Å². The Hall–Kier alpha value is -3.28. The first kappa shape index (κ1) is 24.0. The lowest BCUT2D eigenvalue weighted by molar-refractivity contribution is 0.0957. The maximum absolute atomic E-state index is 14.4. The molecule has 1 aromatic rings. The molecule has 1 aliphatic rings. The van der Waals surface area contributed by atoms with E-state index in [4.69, 9.17) is 10.5 Å². The fraction of sp³-hybridized carbons (Fsp3) is 0.316. The number of allylic oxidation sites excluding steroid dienone is 2.